The fourth-order valence-electron chi connectivity index (χ4n) is 5.71. The molecule has 3 aromatic rings. The van der Waals surface area contributed by atoms with Crippen molar-refractivity contribution in [2.24, 2.45) is 5.92 Å². The van der Waals surface area contributed by atoms with E-state index < -0.39 is 0 Å². The van der Waals surface area contributed by atoms with Gasteiger partial charge < -0.3 is 14.4 Å². The van der Waals surface area contributed by atoms with Crippen LogP contribution < -0.4 is 4.90 Å². The van der Waals surface area contributed by atoms with Crippen LogP contribution in [0.3, 0.4) is 0 Å². The summed E-state index contributed by atoms with van der Waals surface area (Å²) in [4.78, 5) is 25.2. The Morgan fingerprint density at radius 2 is 1.63 bits per heavy atom. The van der Waals surface area contributed by atoms with Crippen molar-refractivity contribution in [1.29, 1.82) is 0 Å². The minimum Gasteiger partial charge on any atom is -0.368 e. The second-order valence-corrected chi connectivity index (χ2v) is 10.4. The second kappa shape index (κ2) is 10.4. The summed E-state index contributed by atoms with van der Waals surface area (Å²) in [5, 5.41) is 0. The van der Waals surface area contributed by atoms with Crippen molar-refractivity contribution in [3.05, 3.63) is 59.9 Å². The highest BCUT2D eigenvalue weighted by Gasteiger charge is 2.31. The first-order chi connectivity index (χ1) is 17.0. The van der Waals surface area contributed by atoms with Crippen molar-refractivity contribution >= 4 is 22.6 Å². The van der Waals surface area contributed by atoms with Crippen LogP contribution in [0.1, 0.15) is 51.0 Å². The van der Waals surface area contributed by atoms with Gasteiger partial charge in [0.25, 0.3) is 0 Å². The van der Waals surface area contributed by atoms with Crippen molar-refractivity contribution in [2.45, 2.75) is 52.6 Å². The second-order valence-electron chi connectivity index (χ2n) is 10.4. The normalized spacial score (nSPS) is 18.1. The Balaban J connectivity index is 1.14. The molecule has 35 heavy (non-hydrogen) atoms. The molecule has 0 spiro atoms. The van der Waals surface area contributed by atoms with E-state index in [2.05, 4.69) is 88.6 Å². The Kier molecular flexibility index (Phi) is 7.09. The summed E-state index contributed by atoms with van der Waals surface area (Å²) in [7, 11) is 0. The van der Waals surface area contributed by atoms with Gasteiger partial charge in [-0.1, -0.05) is 31.2 Å². The fraction of sp³-hybridized carbons (Fsp3) is 0.517. The lowest BCUT2D eigenvalue weighted by molar-refractivity contribution is -0.137. The molecule has 3 heterocycles. The van der Waals surface area contributed by atoms with E-state index in [4.69, 9.17) is 4.98 Å². The topological polar surface area (TPSA) is 44.6 Å². The Hall–Kier alpha value is -2.86. The molecule has 2 saturated heterocycles. The summed E-state index contributed by atoms with van der Waals surface area (Å²) in [6.45, 7) is 12.9. The van der Waals surface area contributed by atoms with Gasteiger partial charge in [0.05, 0.1) is 17.6 Å². The molecule has 6 heteroatoms. The molecule has 1 amide bonds. The van der Waals surface area contributed by atoms with Gasteiger partial charge in [-0.2, -0.15) is 0 Å². The smallest absolute Gasteiger partial charge is 0.225 e. The highest BCUT2D eigenvalue weighted by molar-refractivity contribution is 5.79. The van der Waals surface area contributed by atoms with Crippen molar-refractivity contribution in [1.82, 2.24) is 19.4 Å². The molecule has 0 saturated carbocycles. The molecule has 186 valence electrons. The van der Waals surface area contributed by atoms with Crippen LogP contribution in [0, 0.1) is 5.92 Å². The third-order valence-corrected chi connectivity index (χ3v) is 7.79. The van der Waals surface area contributed by atoms with Gasteiger partial charge in [0.2, 0.25) is 5.91 Å². The zero-order chi connectivity index (χ0) is 24.4. The summed E-state index contributed by atoms with van der Waals surface area (Å²) in [5.74, 6) is 1.65. The Bertz CT molecular complexity index is 1140. The van der Waals surface area contributed by atoms with E-state index in [9.17, 15) is 4.79 Å². The number of nitrogens with zero attached hydrogens (tertiary/aromatic N) is 5. The Morgan fingerprint density at radius 1 is 0.943 bits per heavy atom. The van der Waals surface area contributed by atoms with Crippen LogP contribution in [0.25, 0.3) is 11.0 Å². The number of fused-ring (bicyclic) bond motifs is 1. The number of amides is 1. The Morgan fingerprint density at radius 3 is 2.29 bits per heavy atom. The number of carbonyl (C=O) groups excluding carboxylic acids is 1. The van der Waals surface area contributed by atoms with E-state index in [1.807, 2.05) is 0 Å². The van der Waals surface area contributed by atoms with Crippen LogP contribution in [-0.4, -0.2) is 64.5 Å². The molecular weight excluding hydrogens is 434 g/mol. The molecular formula is C29H39N5O. The zero-order valence-electron chi connectivity index (χ0n) is 21.5. The number of piperidine rings is 1. The largest absolute Gasteiger partial charge is 0.368 e. The maximum Gasteiger partial charge on any atom is 0.225 e. The van der Waals surface area contributed by atoms with E-state index in [1.165, 1.54) is 16.8 Å². The average molecular weight is 474 g/mol. The first-order valence-corrected chi connectivity index (χ1v) is 13.3. The van der Waals surface area contributed by atoms with Crippen molar-refractivity contribution in [2.75, 3.05) is 44.2 Å². The highest BCUT2D eigenvalue weighted by atomic mass is 16.2. The summed E-state index contributed by atoms with van der Waals surface area (Å²) < 4.78 is 2.36. The molecule has 0 atom stereocenters. The fourth-order valence-corrected chi connectivity index (χ4v) is 5.71. The SMILES string of the molecule is CCc1ccc(N2CCN(C(=O)C3CCN(Cc4nc5ccccc5n4C(C)C)CC3)CC2)cc1. The number of imidazole rings is 1. The molecule has 2 aliphatic rings. The first-order valence-electron chi connectivity index (χ1n) is 13.3. The number of hydrogen-bond donors (Lipinski definition) is 0. The number of benzene rings is 2. The molecule has 0 aliphatic carbocycles. The van der Waals surface area contributed by atoms with Crippen LogP contribution in [0.4, 0.5) is 5.69 Å². The van der Waals surface area contributed by atoms with Crippen molar-refractivity contribution in [3.8, 4) is 0 Å². The molecule has 0 radical (unpaired) electrons. The van der Waals surface area contributed by atoms with E-state index in [0.717, 1.165) is 76.4 Å². The van der Waals surface area contributed by atoms with Gasteiger partial charge >= 0.3 is 0 Å². The lowest BCUT2D eigenvalue weighted by Gasteiger charge is -2.39. The summed E-state index contributed by atoms with van der Waals surface area (Å²) in [6.07, 6.45) is 2.96. The van der Waals surface area contributed by atoms with Gasteiger partial charge in [0.1, 0.15) is 5.82 Å². The maximum atomic E-state index is 13.3. The molecule has 1 aromatic heterocycles. The van der Waals surface area contributed by atoms with Crippen molar-refractivity contribution in [3.63, 3.8) is 0 Å². The predicted octanol–water partition coefficient (Wildman–Crippen LogP) is 4.74. The number of hydrogen-bond acceptors (Lipinski definition) is 4. The number of aromatic nitrogens is 2. The molecule has 0 N–H and O–H groups in total. The summed E-state index contributed by atoms with van der Waals surface area (Å²) in [6, 6.07) is 17.7. The number of aryl methyl sites for hydroxylation is 1. The number of para-hydroxylation sites is 2. The van der Waals surface area contributed by atoms with Crippen LogP contribution >= 0.6 is 0 Å². The molecule has 2 aromatic carbocycles. The van der Waals surface area contributed by atoms with Gasteiger partial charge in [-0.25, -0.2) is 4.98 Å². The number of rotatable bonds is 6. The summed E-state index contributed by atoms with van der Waals surface area (Å²) >= 11 is 0. The van der Waals surface area contributed by atoms with Gasteiger partial charge in [0.15, 0.2) is 0 Å². The molecule has 2 fully saturated rings. The molecule has 5 rings (SSSR count). The maximum absolute atomic E-state index is 13.3. The monoisotopic (exact) mass is 473 g/mol. The lowest BCUT2D eigenvalue weighted by atomic mass is 9.95. The Labute approximate surface area is 209 Å². The number of likely N-dealkylation sites (tertiary alicyclic amines) is 1. The zero-order valence-corrected chi connectivity index (χ0v) is 21.5. The van der Waals surface area contributed by atoms with Crippen molar-refractivity contribution < 1.29 is 4.79 Å². The van der Waals surface area contributed by atoms with Crippen LogP contribution in [0.5, 0.6) is 0 Å². The lowest BCUT2D eigenvalue weighted by Crippen LogP contribution is -2.51. The molecule has 6 nitrogen and oxygen atoms in total. The minimum atomic E-state index is 0.158. The van der Waals surface area contributed by atoms with Gasteiger partial charge in [-0.15, -0.1) is 0 Å². The van der Waals surface area contributed by atoms with Gasteiger partial charge in [0, 0.05) is 43.8 Å². The minimum absolute atomic E-state index is 0.158. The molecule has 0 unspecified atom stereocenters. The summed E-state index contributed by atoms with van der Waals surface area (Å²) in [5.41, 5.74) is 4.93. The van der Waals surface area contributed by atoms with E-state index >= 15 is 0 Å². The van der Waals surface area contributed by atoms with Gasteiger partial charge in [-0.3, -0.25) is 9.69 Å². The third-order valence-electron chi connectivity index (χ3n) is 7.79. The highest BCUT2D eigenvalue weighted by Crippen LogP contribution is 2.26. The predicted molar refractivity (Wildman–Crippen MR) is 143 cm³/mol. The first kappa shape index (κ1) is 23.9. The third kappa shape index (κ3) is 5.08. The van der Waals surface area contributed by atoms with Crippen LogP contribution in [0.15, 0.2) is 48.5 Å². The number of anilines is 1. The average Bonchev–Trinajstić information content (AvgIpc) is 3.27. The molecule has 2 aliphatic heterocycles. The molecule has 0 bridgehead atoms. The van der Waals surface area contributed by atoms with E-state index in [1.54, 1.807) is 0 Å². The van der Waals surface area contributed by atoms with Crippen LogP contribution in [0.2, 0.25) is 0 Å². The van der Waals surface area contributed by atoms with E-state index in [0.29, 0.717) is 11.9 Å². The van der Waals surface area contributed by atoms with Crippen LogP contribution in [-0.2, 0) is 17.8 Å². The standard InChI is InChI=1S/C29H39N5O/c1-4-23-9-11-25(12-10-23)32-17-19-33(20-18-32)29(35)24-13-15-31(16-14-24)21-28-30-26-7-5-6-8-27(26)34(28)22(2)3/h5-12,22,24H,4,13-21H2,1-3H3. The quantitative estimate of drug-likeness (QED) is 0.519. The number of carbonyl (C=O) groups is 1. The number of piperazine rings is 1. The van der Waals surface area contributed by atoms with E-state index in [-0.39, 0.29) is 5.92 Å². The van der Waals surface area contributed by atoms with Gasteiger partial charge in [-0.05, 0) is 76.0 Å².